The zero-order valence-corrected chi connectivity index (χ0v) is 14.7. The summed E-state index contributed by atoms with van der Waals surface area (Å²) in [6, 6.07) is 0. The van der Waals surface area contributed by atoms with E-state index in [0.29, 0.717) is 18.7 Å². The van der Waals surface area contributed by atoms with E-state index in [1.54, 1.807) is 0 Å². The Morgan fingerprint density at radius 1 is 1.05 bits per heavy atom. The number of piperidine rings is 1. The second-order valence-electron chi connectivity index (χ2n) is 5.82. The van der Waals surface area contributed by atoms with E-state index in [0.717, 1.165) is 69.3 Å². The van der Waals surface area contributed by atoms with Gasteiger partial charge in [0.05, 0.1) is 7.11 Å². The summed E-state index contributed by atoms with van der Waals surface area (Å²) in [5.74, 6) is 0.929. The van der Waals surface area contributed by atoms with Crippen molar-refractivity contribution >= 4 is 27.8 Å². The molecule has 5 heteroatoms. The van der Waals surface area contributed by atoms with Gasteiger partial charge in [0, 0.05) is 31.3 Å². The Morgan fingerprint density at radius 2 is 1.62 bits per heavy atom. The van der Waals surface area contributed by atoms with Crippen LogP contribution < -0.4 is 0 Å². The summed E-state index contributed by atoms with van der Waals surface area (Å²) in [5.41, 5.74) is 0. The lowest BCUT2D eigenvalue weighted by molar-refractivity contribution is -0.140. The minimum atomic E-state index is -0.128. The number of unbranched alkanes of at least 4 members (excludes halogenated alkanes) is 4. The molecule has 1 heterocycles. The van der Waals surface area contributed by atoms with Gasteiger partial charge in [-0.25, -0.2) is 0 Å². The van der Waals surface area contributed by atoms with Gasteiger partial charge in [-0.1, -0.05) is 35.2 Å². The molecular weight excluding hydrogens is 334 g/mol. The van der Waals surface area contributed by atoms with Gasteiger partial charge in [-0.15, -0.1) is 0 Å². The fourth-order valence-electron chi connectivity index (χ4n) is 2.67. The molecule has 0 aromatic carbocycles. The molecule has 1 aliphatic rings. The number of halogens is 1. The van der Waals surface area contributed by atoms with Crippen LogP contribution in [0.1, 0.15) is 57.8 Å². The van der Waals surface area contributed by atoms with Crippen molar-refractivity contribution in [1.29, 1.82) is 0 Å². The molecule has 0 bridgehead atoms. The van der Waals surface area contributed by atoms with Crippen molar-refractivity contribution in [3.63, 3.8) is 0 Å². The van der Waals surface area contributed by atoms with E-state index in [1.165, 1.54) is 7.11 Å². The molecule has 1 fully saturated rings. The van der Waals surface area contributed by atoms with Crippen LogP contribution in [0.4, 0.5) is 0 Å². The third-order valence-corrected chi connectivity index (χ3v) is 5.10. The first-order valence-electron chi connectivity index (χ1n) is 8.08. The van der Waals surface area contributed by atoms with E-state index in [9.17, 15) is 9.59 Å². The highest BCUT2D eigenvalue weighted by Crippen LogP contribution is 2.20. The van der Waals surface area contributed by atoms with Crippen LogP contribution in [-0.2, 0) is 14.3 Å². The first-order valence-corrected chi connectivity index (χ1v) is 9.20. The fraction of sp³-hybridized carbons (Fsp3) is 0.875. The normalized spacial score (nSPS) is 16.0. The molecule has 0 unspecified atom stereocenters. The molecular formula is C16H28BrNO3. The van der Waals surface area contributed by atoms with Crippen LogP contribution in [0.2, 0.25) is 0 Å². The van der Waals surface area contributed by atoms with Crippen LogP contribution >= 0.6 is 15.9 Å². The number of likely N-dealkylation sites (tertiary alicyclic amines) is 1. The van der Waals surface area contributed by atoms with Crippen LogP contribution in [-0.4, -0.2) is 42.3 Å². The summed E-state index contributed by atoms with van der Waals surface area (Å²) in [5, 5.41) is 1.06. The molecule has 122 valence electrons. The monoisotopic (exact) mass is 361 g/mol. The maximum absolute atomic E-state index is 12.1. The Balaban J connectivity index is 1.98. The molecule has 0 spiro atoms. The molecule has 1 saturated heterocycles. The SMILES string of the molecule is COC(=O)CCCCCCCC(=O)N1CCC(CBr)CC1. The van der Waals surface area contributed by atoms with Gasteiger partial charge in [-0.3, -0.25) is 9.59 Å². The molecule has 1 rings (SSSR count). The predicted octanol–water partition coefficient (Wildman–Crippen LogP) is 3.52. The topological polar surface area (TPSA) is 46.6 Å². The van der Waals surface area contributed by atoms with E-state index >= 15 is 0 Å². The third kappa shape index (κ3) is 7.84. The Hall–Kier alpha value is -0.580. The van der Waals surface area contributed by atoms with Gasteiger partial charge in [0.25, 0.3) is 0 Å². The molecule has 21 heavy (non-hydrogen) atoms. The van der Waals surface area contributed by atoms with E-state index in [2.05, 4.69) is 20.7 Å². The lowest BCUT2D eigenvalue weighted by Crippen LogP contribution is -2.38. The van der Waals surface area contributed by atoms with Gasteiger partial charge in [-0.05, 0) is 31.6 Å². The van der Waals surface area contributed by atoms with Crippen molar-refractivity contribution < 1.29 is 14.3 Å². The second-order valence-corrected chi connectivity index (χ2v) is 6.47. The zero-order chi connectivity index (χ0) is 15.5. The molecule has 0 saturated carbocycles. The molecule has 1 aliphatic heterocycles. The summed E-state index contributed by atoms with van der Waals surface area (Å²) in [6.07, 6.45) is 8.51. The second kappa shape index (κ2) is 11.0. The number of amides is 1. The Kier molecular flexibility index (Phi) is 9.72. The van der Waals surface area contributed by atoms with E-state index < -0.39 is 0 Å². The molecule has 0 aromatic heterocycles. The number of hydrogen-bond acceptors (Lipinski definition) is 3. The Morgan fingerprint density at radius 3 is 2.19 bits per heavy atom. The van der Waals surface area contributed by atoms with Crippen molar-refractivity contribution in [2.75, 3.05) is 25.5 Å². The molecule has 0 aromatic rings. The Bertz CT molecular complexity index is 315. The van der Waals surface area contributed by atoms with Gasteiger partial charge < -0.3 is 9.64 Å². The quantitative estimate of drug-likeness (QED) is 0.358. The highest BCUT2D eigenvalue weighted by atomic mass is 79.9. The van der Waals surface area contributed by atoms with E-state index in [-0.39, 0.29) is 5.97 Å². The van der Waals surface area contributed by atoms with Crippen LogP contribution in [0.15, 0.2) is 0 Å². The van der Waals surface area contributed by atoms with Gasteiger partial charge >= 0.3 is 5.97 Å². The van der Waals surface area contributed by atoms with Gasteiger partial charge in [0.15, 0.2) is 0 Å². The van der Waals surface area contributed by atoms with Crippen molar-refractivity contribution in [2.24, 2.45) is 5.92 Å². The zero-order valence-electron chi connectivity index (χ0n) is 13.1. The average molecular weight is 362 g/mol. The smallest absolute Gasteiger partial charge is 0.305 e. The molecule has 0 radical (unpaired) electrons. The molecule has 0 atom stereocenters. The molecule has 0 aliphatic carbocycles. The number of hydrogen-bond donors (Lipinski definition) is 0. The predicted molar refractivity (Wildman–Crippen MR) is 87.4 cm³/mol. The highest BCUT2D eigenvalue weighted by Gasteiger charge is 2.21. The van der Waals surface area contributed by atoms with Crippen molar-refractivity contribution in [3.8, 4) is 0 Å². The average Bonchev–Trinajstić information content (AvgIpc) is 2.53. The minimum absolute atomic E-state index is 0.128. The van der Waals surface area contributed by atoms with E-state index in [1.807, 2.05) is 4.90 Å². The summed E-state index contributed by atoms with van der Waals surface area (Å²) < 4.78 is 4.60. The molecule has 4 nitrogen and oxygen atoms in total. The first-order chi connectivity index (χ1) is 10.2. The number of rotatable bonds is 9. The fourth-order valence-corrected chi connectivity index (χ4v) is 3.32. The van der Waals surface area contributed by atoms with Gasteiger partial charge in [-0.2, -0.15) is 0 Å². The van der Waals surface area contributed by atoms with Crippen molar-refractivity contribution in [2.45, 2.75) is 57.8 Å². The number of carbonyl (C=O) groups is 2. The number of alkyl halides is 1. The van der Waals surface area contributed by atoms with Crippen LogP contribution in [0, 0.1) is 5.92 Å². The number of nitrogens with zero attached hydrogens (tertiary/aromatic N) is 1. The summed E-state index contributed by atoms with van der Waals surface area (Å²) in [6.45, 7) is 1.85. The highest BCUT2D eigenvalue weighted by molar-refractivity contribution is 9.09. The first kappa shape index (κ1) is 18.5. The molecule has 0 N–H and O–H groups in total. The van der Waals surface area contributed by atoms with Crippen LogP contribution in [0.3, 0.4) is 0 Å². The third-order valence-electron chi connectivity index (χ3n) is 4.18. The van der Waals surface area contributed by atoms with E-state index in [4.69, 9.17) is 0 Å². The van der Waals surface area contributed by atoms with Gasteiger partial charge in [0.2, 0.25) is 5.91 Å². The van der Waals surface area contributed by atoms with Crippen LogP contribution in [0.25, 0.3) is 0 Å². The summed E-state index contributed by atoms with van der Waals surface area (Å²) >= 11 is 3.52. The van der Waals surface area contributed by atoms with Gasteiger partial charge in [0.1, 0.15) is 0 Å². The lowest BCUT2D eigenvalue weighted by atomic mass is 9.98. The number of carbonyl (C=O) groups excluding carboxylic acids is 2. The summed E-state index contributed by atoms with van der Waals surface area (Å²) in [7, 11) is 1.43. The van der Waals surface area contributed by atoms with Crippen LogP contribution in [0.5, 0.6) is 0 Å². The largest absolute Gasteiger partial charge is 0.469 e. The Labute approximate surface area is 136 Å². The van der Waals surface area contributed by atoms with Crippen molar-refractivity contribution in [1.82, 2.24) is 4.90 Å². The maximum atomic E-state index is 12.1. The number of ether oxygens (including phenoxy) is 1. The van der Waals surface area contributed by atoms with Crippen molar-refractivity contribution in [3.05, 3.63) is 0 Å². The maximum Gasteiger partial charge on any atom is 0.305 e. The lowest BCUT2D eigenvalue weighted by Gasteiger charge is -2.31. The summed E-state index contributed by atoms with van der Waals surface area (Å²) in [4.78, 5) is 25.0. The number of methoxy groups -OCH3 is 1. The standard InChI is InChI=1S/C16H28BrNO3/c1-21-16(20)8-6-4-2-3-5-7-15(19)18-11-9-14(13-17)10-12-18/h14H,2-13H2,1H3. The molecule has 1 amide bonds. The number of esters is 1. The minimum Gasteiger partial charge on any atom is -0.469 e.